The number of hydrogen-bond donors (Lipinski definition) is 1. The number of thioether (sulfide) groups is 1. The van der Waals surface area contributed by atoms with Crippen LogP contribution in [-0.4, -0.2) is 63.6 Å². The van der Waals surface area contributed by atoms with Crippen LogP contribution in [0.2, 0.25) is 0 Å². The Bertz CT molecular complexity index is 994. The number of hydrogen-bond acceptors (Lipinski definition) is 9. The average Bonchev–Trinajstić information content (AvgIpc) is 3.18. The molecule has 1 aromatic heterocycles. The zero-order chi connectivity index (χ0) is 24.7. The van der Waals surface area contributed by atoms with E-state index in [2.05, 4.69) is 15.5 Å². The number of esters is 1. The molecule has 10 nitrogen and oxygen atoms in total. The molecule has 1 aromatic carbocycles. The first-order chi connectivity index (χ1) is 16.1. The molecule has 0 unspecified atom stereocenters. The molecule has 0 aliphatic carbocycles. The van der Waals surface area contributed by atoms with E-state index in [1.807, 2.05) is 20.8 Å². The number of rotatable bonds is 7. The largest absolute Gasteiger partial charge is 0.459 e. The Balaban J connectivity index is 1.39. The van der Waals surface area contributed by atoms with E-state index in [9.17, 15) is 14.4 Å². The smallest absolute Gasteiger partial charge is 0.410 e. The molecule has 0 atom stereocenters. The summed E-state index contributed by atoms with van der Waals surface area (Å²) < 4.78 is 15.9. The lowest BCUT2D eigenvalue weighted by Gasteiger charge is -2.33. The van der Waals surface area contributed by atoms with E-state index in [-0.39, 0.29) is 23.9 Å². The van der Waals surface area contributed by atoms with Gasteiger partial charge in [-0.2, -0.15) is 4.98 Å². The van der Waals surface area contributed by atoms with Gasteiger partial charge >= 0.3 is 12.1 Å². The summed E-state index contributed by atoms with van der Waals surface area (Å²) in [6.07, 6.45) is 0.504. The van der Waals surface area contributed by atoms with Crippen molar-refractivity contribution < 1.29 is 28.4 Å². The van der Waals surface area contributed by atoms with Gasteiger partial charge in [0.05, 0.1) is 17.1 Å². The number of aromatic nitrogens is 2. The van der Waals surface area contributed by atoms with Gasteiger partial charge < -0.3 is 24.2 Å². The van der Waals surface area contributed by atoms with E-state index in [1.54, 1.807) is 36.1 Å². The molecule has 1 aliphatic heterocycles. The molecule has 1 N–H and O–H groups in total. The number of ether oxygens (including phenoxy) is 2. The quantitative estimate of drug-likeness (QED) is 0.577. The molecule has 0 saturated carbocycles. The SMILES string of the molecule is Cc1nc(CSCC(=O)Nc2ccc(C(=O)OC3CCN(C(=O)OC(C)(C)C)CC3)cc2)no1. The van der Waals surface area contributed by atoms with Gasteiger partial charge in [0, 0.05) is 38.5 Å². The lowest BCUT2D eigenvalue weighted by molar-refractivity contribution is -0.113. The van der Waals surface area contributed by atoms with Crippen LogP contribution in [0, 0.1) is 6.92 Å². The lowest BCUT2D eigenvalue weighted by Crippen LogP contribution is -2.43. The first kappa shape index (κ1) is 25.5. The van der Waals surface area contributed by atoms with Gasteiger partial charge in [-0.3, -0.25) is 4.79 Å². The minimum Gasteiger partial charge on any atom is -0.459 e. The van der Waals surface area contributed by atoms with Crippen LogP contribution in [0.5, 0.6) is 0 Å². The second-order valence-electron chi connectivity index (χ2n) is 8.92. The maximum Gasteiger partial charge on any atom is 0.410 e. The van der Waals surface area contributed by atoms with E-state index in [4.69, 9.17) is 14.0 Å². The van der Waals surface area contributed by atoms with Gasteiger partial charge in [-0.05, 0) is 45.0 Å². The summed E-state index contributed by atoms with van der Waals surface area (Å²) in [5, 5.41) is 6.57. The van der Waals surface area contributed by atoms with Crippen molar-refractivity contribution in [1.82, 2.24) is 15.0 Å². The van der Waals surface area contributed by atoms with Crippen molar-refractivity contribution >= 4 is 35.4 Å². The third kappa shape index (κ3) is 8.05. The van der Waals surface area contributed by atoms with Gasteiger partial charge in [-0.25, -0.2) is 9.59 Å². The van der Waals surface area contributed by atoms with Crippen molar-refractivity contribution in [2.45, 2.75) is 58.0 Å². The molecule has 2 heterocycles. The van der Waals surface area contributed by atoms with E-state index < -0.39 is 11.6 Å². The lowest BCUT2D eigenvalue weighted by atomic mass is 10.1. The number of nitrogens with one attached hydrogen (secondary N) is 1. The number of piperidine rings is 1. The van der Waals surface area contributed by atoms with Gasteiger partial charge in [0.2, 0.25) is 11.8 Å². The maximum absolute atomic E-state index is 12.5. The van der Waals surface area contributed by atoms with Crippen LogP contribution in [0.25, 0.3) is 0 Å². The van der Waals surface area contributed by atoms with Crippen LogP contribution in [0.15, 0.2) is 28.8 Å². The fraction of sp³-hybridized carbons (Fsp3) is 0.522. The topological polar surface area (TPSA) is 124 Å². The molecule has 34 heavy (non-hydrogen) atoms. The molecule has 0 spiro atoms. The van der Waals surface area contributed by atoms with E-state index in [0.717, 1.165) is 0 Å². The van der Waals surface area contributed by atoms with E-state index in [0.29, 0.717) is 54.6 Å². The number of carbonyl (C=O) groups is 3. The van der Waals surface area contributed by atoms with Crippen molar-refractivity contribution in [3.8, 4) is 0 Å². The van der Waals surface area contributed by atoms with Crippen molar-refractivity contribution in [2.75, 3.05) is 24.2 Å². The van der Waals surface area contributed by atoms with Gasteiger partial charge in [-0.15, -0.1) is 11.8 Å². The number of nitrogens with zero attached hydrogens (tertiary/aromatic N) is 3. The highest BCUT2D eigenvalue weighted by atomic mass is 32.2. The van der Waals surface area contributed by atoms with Crippen molar-refractivity contribution in [1.29, 1.82) is 0 Å². The van der Waals surface area contributed by atoms with Crippen molar-refractivity contribution in [3.63, 3.8) is 0 Å². The Kier molecular flexibility index (Phi) is 8.54. The zero-order valence-electron chi connectivity index (χ0n) is 19.8. The first-order valence-corrected chi connectivity index (χ1v) is 12.2. The van der Waals surface area contributed by atoms with E-state index in [1.165, 1.54) is 11.8 Å². The molecule has 2 aromatic rings. The summed E-state index contributed by atoms with van der Waals surface area (Å²) in [6, 6.07) is 6.55. The van der Waals surface area contributed by atoms with Crippen molar-refractivity contribution in [2.24, 2.45) is 0 Å². The predicted octanol–water partition coefficient (Wildman–Crippen LogP) is 3.81. The number of aryl methyl sites for hydroxylation is 1. The Morgan fingerprint density at radius 3 is 2.44 bits per heavy atom. The Morgan fingerprint density at radius 1 is 1.18 bits per heavy atom. The van der Waals surface area contributed by atoms with Crippen molar-refractivity contribution in [3.05, 3.63) is 41.5 Å². The molecular weight excluding hydrogens is 460 g/mol. The monoisotopic (exact) mass is 490 g/mol. The van der Waals surface area contributed by atoms with Crippen LogP contribution in [-0.2, 0) is 20.0 Å². The molecular formula is C23H30N4O6S. The Hall–Kier alpha value is -3.08. The zero-order valence-corrected chi connectivity index (χ0v) is 20.6. The molecule has 1 saturated heterocycles. The van der Waals surface area contributed by atoms with E-state index >= 15 is 0 Å². The number of carbonyl (C=O) groups excluding carboxylic acids is 3. The summed E-state index contributed by atoms with van der Waals surface area (Å²) in [7, 11) is 0. The van der Waals surface area contributed by atoms with Crippen LogP contribution in [0.3, 0.4) is 0 Å². The van der Waals surface area contributed by atoms with Crippen LogP contribution < -0.4 is 5.32 Å². The second kappa shape index (κ2) is 11.4. The fourth-order valence-corrected chi connectivity index (χ4v) is 3.88. The highest BCUT2D eigenvalue weighted by molar-refractivity contribution is 7.99. The summed E-state index contributed by atoms with van der Waals surface area (Å²) in [5.41, 5.74) is 0.442. The van der Waals surface area contributed by atoms with Gasteiger partial charge in [-0.1, -0.05) is 5.16 Å². The Morgan fingerprint density at radius 2 is 1.85 bits per heavy atom. The highest BCUT2D eigenvalue weighted by Gasteiger charge is 2.28. The molecule has 2 amide bonds. The number of anilines is 1. The molecule has 184 valence electrons. The second-order valence-corrected chi connectivity index (χ2v) is 9.91. The molecule has 0 bridgehead atoms. The number of likely N-dealkylation sites (tertiary alicyclic amines) is 1. The minimum absolute atomic E-state index is 0.169. The summed E-state index contributed by atoms with van der Waals surface area (Å²) in [4.78, 5) is 42.5. The highest BCUT2D eigenvalue weighted by Crippen LogP contribution is 2.19. The maximum atomic E-state index is 12.5. The van der Waals surface area contributed by atoms with Gasteiger partial charge in [0.1, 0.15) is 11.7 Å². The summed E-state index contributed by atoms with van der Waals surface area (Å²) in [5.74, 6) is 1.15. The predicted molar refractivity (Wildman–Crippen MR) is 127 cm³/mol. The fourth-order valence-electron chi connectivity index (χ4n) is 3.22. The first-order valence-electron chi connectivity index (χ1n) is 11.0. The normalized spacial score (nSPS) is 14.5. The minimum atomic E-state index is -0.542. The molecule has 3 rings (SSSR count). The average molecular weight is 491 g/mol. The number of benzene rings is 1. The summed E-state index contributed by atoms with van der Waals surface area (Å²) in [6.45, 7) is 8.14. The summed E-state index contributed by atoms with van der Waals surface area (Å²) >= 11 is 1.38. The third-order valence-corrected chi connectivity index (χ3v) is 5.73. The molecule has 1 fully saturated rings. The van der Waals surface area contributed by atoms with Gasteiger partial charge in [0.25, 0.3) is 0 Å². The molecule has 1 aliphatic rings. The third-order valence-electron chi connectivity index (χ3n) is 4.81. The number of amides is 2. The van der Waals surface area contributed by atoms with Crippen LogP contribution in [0.4, 0.5) is 10.5 Å². The van der Waals surface area contributed by atoms with Crippen LogP contribution in [0.1, 0.15) is 55.7 Å². The molecule has 11 heteroatoms. The van der Waals surface area contributed by atoms with Gasteiger partial charge in [0.15, 0.2) is 5.82 Å². The Labute approximate surface area is 202 Å². The van der Waals surface area contributed by atoms with Crippen LogP contribution >= 0.6 is 11.8 Å². The molecule has 0 radical (unpaired) electrons. The standard InChI is InChI=1S/C23H30N4O6S/c1-15-24-19(26-33-15)13-34-14-20(28)25-17-7-5-16(6-8-17)21(29)31-18-9-11-27(12-10-18)22(30)32-23(2,3)4/h5-8,18H,9-14H2,1-4H3,(H,25,28).